The summed E-state index contributed by atoms with van der Waals surface area (Å²) >= 11 is 6.38. The Bertz CT molecular complexity index is 1250. The fraction of sp³-hybridized carbons (Fsp3) is 0.214. The molecule has 180 valence electrons. The van der Waals surface area contributed by atoms with E-state index in [1.54, 1.807) is 18.2 Å². The van der Waals surface area contributed by atoms with Gasteiger partial charge in [0.1, 0.15) is 17.3 Å². The molecule has 0 bridgehead atoms. The van der Waals surface area contributed by atoms with E-state index in [0.717, 1.165) is 11.3 Å². The summed E-state index contributed by atoms with van der Waals surface area (Å²) in [5, 5.41) is 11.6. The van der Waals surface area contributed by atoms with Crippen LogP contribution in [0.2, 0.25) is 5.02 Å². The molecule has 1 saturated heterocycles. The van der Waals surface area contributed by atoms with Gasteiger partial charge in [0.25, 0.3) is 11.7 Å². The van der Waals surface area contributed by atoms with E-state index in [0.29, 0.717) is 24.5 Å². The number of aliphatic hydroxyl groups excluding tert-OH is 1. The predicted molar refractivity (Wildman–Crippen MR) is 135 cm³/mol. The second-order valence-electron chi connectivity index (χ2n) is 7.99. The standard InChI is InChI=1S/C28H26ClNO5/c1-3-34-20-12-10-18(11-13-20)17-30-25(19-8-6-5-7-9-19)24(27(32)28(30)33)26(31)22-16-21(35-4-2)14-15-23(22)29/h5-16,25,31H,3-4,17H2,1-2H3/b26-24+. The average Bonchev–Trinajstić information content (AvgIpc) is 3.12. The van der Waals surface area contributed by atoms with Gasteiger partial charge in [0.2, 0.25) is 0 Å². The largest absolute Gasteiger partial charge is 0.507 e. The fourth-order valence-electron chi connectivity index (χ4n) is 4.17. The molecule has 0 aliphatic carbocycles. The number of amides is 1. The van der Waals surface area contributed by atoms with Gasteiger partial charge in [-0.1, -0.05) is 54.1 Å². The highest BCUT2D eigenvalue weighted by molar-refractivity contribution is 6.47. The lowest BCUT2D eigenvalue weighted by molar-refractivity contribution is -0.140. The van der Waals surface area contributed by atoms with Gasteiger partial charge in [-0.2, -0.15) is 0 Å². The van der Waals surface area contributed by atoms with Crippen LogP contribution in [0.15, 0.2) is 78.4 Å². The van der Waals surface area contributed by atoms with Gasteiger partial charge in [-0.25, -0.2) is 0 Å². The zero-order chi connectivity index (χ0) is 24.9. The summed E-state index contributed by atoms with van der Waals surface area (Å²) in [7, 11) is 0. The van der Waals surface area contributed by atoms with Crippen molar-refractivity contribution in [2.75, 3.05) is 13.2 Å². The number of likely N-dealkylation sites (tertiary alicyclic amines) is 1. The number of ether oxygens (including phenoxy) is 2. The van der Waals surface area contributed by atoms with E-state index in [9.17, 15) is 14.7 Å². The molecule has 1 aliphatic heterocycles. The third kappa shape index (κ3) is 5.03. The number of rotatable bonds is 8. The SMILES string of the molecule is CCOc1ccc(CN2C(=O)C(=O)/C(=C(/O)c3cc(OCC)ccc3Cl)C2c2ccccc2)cc1. The molecule has 0 spiro atoms. The van der Waals surface area contributed by atoms with Gasteiger partial charge in [-0.15, -0.1) is 0 Å². The zero-order valence-electron chi connectivity index (χ0n) is 19.5. The van der Waals surface area contributed by atoms with Crippen molar-refractivity contribution in [2.45, 2.75) is 26.4 Å². The van der Waals surface area contributed by atoms with Crippen LogP contribution in [0.25, 0.3) is 5.76 Å². The number of halogens is 1. The number of aliphatic hydroxyl groups is 1. The summed E-state index contributed by atoms with van der Waals surface area (Å²) in [5.41, 5.74) is 1.75. The minimum atomic E-state index is -0.783. The van der Waals surface area contributed by atoms with E-state index >= 15 is 0 Å². The number of benzene rings is 3. The quantitative estimate of drug-likeness (QED) is 0.246. The number of carbonyl (C=O) groups excluding carboxylic acids is 2. The molecular weight excluding hydrogens is 466 g/mol. The Balaban J connectivity index is 1.80. The molecular formula is C28H26ClNO5. The molecule has 4 rings (SSSR count). The van der Waals surface area contributed by atoms with E-state index in [2.05, 4.69) is 0 Å². The van der Waals surface area contributed by atoms with Crippen LogP contribution in [0.4, 0.5) is 0 Å². The van der Waals surface area contributed by atoms with Crippen LogP contribution in [-0.4, -0.2) is 34.9 Å². The lowest BCUT2D eigenvalue weighted by atomic mass is 9.95. The van der Waals surface area contributed by atoms with Crippen LogP contribution >= 0.6 is 11.6 Å². The Labute approximate surface area is 209 Å². The number of hydrogen-bond acceptors (Lipinski definition) is 5. The van der Waals surface area contributed by atoms with Crippen molar-refractivity contribution in [3.8, 4) is 11.5 Å². The summed E-state index contributed by atoms with van der Waals surface area (Å²) in [4.78, 5) is 27.9. The van der Waals surface area contributed by atoms with Crippen molar-refractivity contribution in [3.05, 3.63) is 100 Å². The molecule has 35 heavy (non-hydrogen) atoms. The average molecular weight is 492 g/mol. The van der Waals surface area contributed by atoms with Gasteiger partial charge in [0, 0.05) is 12.1 Å². The molecule has 1 N–H and O–H groups in total. The maximum atomic E-state index is 13.3. The summed E-state index contributed by atoms with van der Waals surface area (Å²) in [6.07, 6.45) is 0. The topological polar surface area (TPSA) is 76.1 Å². The van der Waals surface area contributed by atoms with Crippen LogP contribution in [-0.2, 0) is 16.1 Å². The normalized spacial score (nSPS) is 17.0. The molecule has 3 aromatic carbocycles. The van der Waals surface area contributed by atoms with Crippen molar-refractivity contribution in [1.29, 1.82) is 0 Å². The Kier molecular flexibility index (Phi) is 7.42. The maximum Gasteiger partial charge on any atom is 0.295 e. The van der Waals surface area contributed by atoms with Crippen molar-refractivity contribution in [1.82, 2.24) is 4.90 Å². The summed E-state index contributed by atoms with van der Waals surface area (Å²) in [6, 6.07) is 20.6. The Morgan fingerprint density at radius 2 is 1.54 bits per heavy atom. The first-order valence-electron chi connectivity index (χ1n) is 11.4. The summed E-state index contributed by atoms with van der Waals surface area (Å²) < 4.78 is 11.0. The van der Waals surface area contributed by atoms with E-state index in [1.165, 1.54) is 4.90 Å². The van der Waals surface area contributed by atoms with Gasteiger partial charge in [-0.05, 0) is 55.3 Å². The molecule has 1 atom stereocenters. The molecule has 3 aromatic rings. The molecule has 0 saturated carbocycles. The van der Waals surface area contributed by atoms with Crippen LogP contribution in [0, 0.1) is 0 Å². The molecule has 1 unspecified atom stereocenters. The van der Waals surface area contributed by atoms with E-state index < -0.39 is 17.7 Å². The molecule has 0 aromatic heterocycles. The zero-order valence-corrected chi connectivity index (χ0v) is 20.3. The number of Topliss-reactive ketones (excluding diaryl/α,β-unsaturated/α-hetero) is 1. The highest BCUT2D eigenvalue weighted by Gasteiger charge is 2.46. The number of nitrogens with zero attached hydrogens (tertiary/aromatic N) is 1. The fourth-order valence-corrected chi connectivity index (χ4v) is 4.37. The van der Waals surface area contributed by atoms with E-state index in [1.807, 2.05) is 68.4 Å². The Morgan fingerprint density at radius 3 is 2.20 bits per heavy atom. The smallest absolute Gasteiger partial charge is 0.295 e. The number of hydrogen-bond donors (Lipinski definition) is 1. The molecule has 0 radical (unpaired) electrons. The monoisotopic (exact) mass is 491 g/mol. The second kappa shape index (κ2) is 10.7. The predicted octanol–water partition coefficient (Wildman–Crippen LogP) is 5.76. The minimum Gasteiger partial charge on any atom is -0.507 e. The van der Waals surface area contributed by atoms with Crippen LogP contribution < -0.4 is 9.47 Å². The molecule has 7 heteroatoms. The lowest BCUT2D eigenvalue weighted by Gasteiger charge is -2.25. The second-order valence-corrected chi connectivity index (χ2v) is 8.40. The van der Waals surface area contributed by atoms with Gasteiger partial charge in [0.15, 0.2) is 0 Å². The van der Waals surface area contributed by atoms with Crippen molar-refractivity contribution >= 4 is 29.1 Å². The van der Waals surface area contributed by atoms with Gasteiger partial charge >= 0.3 is 0 Å². The molecule has 1 fully saturated rings. The Hall–Kier alpha value is -3.77. The molecule has 6 nitrogen and oxygen atoms in total. The molecule has 1 aliphatic rings. The highest BCUT2D eigenvalue weighted by Crippen LogP contribution is 2.41. The van der Waals surface area contributed by atoms with E-state index in [4.69, 9.17) is 21.1 Å². The first kappa shape index (κ1) is 24.4. The van der Waals surface area contributed by atoms with E-state index in [-0.39, 0.29) is 28.5 Å². The summed E-state index contributed by atoms with van der Waals surface area (Å²) in [6.45, 7) is 4.91. The number of ketones is 1. The summed E-state index contributed by atoms with van der Waals surface area (Å²) in [5.74, 6) is -0.565. The Morgan fingerprint density at radius 1 is 0.914 bits per heavy atom. The van der Waals surface area contributed by atoms with Crippen molar-refractivity contribution < 1.29 is 24.2 Å². The van der Waals surface area contributed by atoms with Crippen LogP contribution in [0.1, 0.15) is 36.6 Å². The number of carbonyl (C=O) groups is 2. The molecule has 1 amide bonds. The molecule has 1 heterocycles. The first-order chi connectivity index (χ1) is 16.9. The maximum absolute atomic E-state index is 13.3. The first-order valence-corrected chi connectivity index (χ1v) is 11.8. The van der Waals surface area contributed by atoms with Gasteiger partial charge < -0.3 is 19.5 Å². The van der Waals surface area contributed by atoms with Gasteiger partial charge in [-0.3, -0.25) is 9.59 Å². The van der Waals surface area contributed by atoms with Gasteiger partial charge in [0.05, 0.1) is 29.9 Å². The minimum absolute atomic E-state index is 0.0114. The van der Waals surface area contributed by atoms with Crippen LogP contribution in [0.3, 0.4) is 0 Å². The third-order valence-corrected chi connectivity index (χ3v) is 6.08. The van der Waals surface area contributed by atoms with Crippen molar-refractivity contribution in [2.24, 2.45) is 0 Å². The van der Waals surface area contributed by atoms with Crippen LogP contribution in [0.5, 0.6) is 11.5 Å². The third-order valence-electron chi connectivity index (χ3n) is 5.75. The highest BCUT2D eigenvalue weighted by atomic mass is 35.5. The van der Waals surface area contributed by atoms with Crippen molar-refractivity contribution in [3.63, 3.8) is 0 Å². The lowest BCUT2D eigenvalue weighted by Crippen LogP contribution is -2.29.